The number of morpholine rings is 1. The van der Waals surface area contributed by atoms with Crippen LogP contribution in [0.4, 0.5) is 0 Å². The Labute approximate surface area is 153 Å². The molecule has 1 amide bonds. The van der Waals surface area contributed by atoms with Gasteiger partial charge in [0.1, 0.15) is 0 Å². The van der Waals surface area contributed by atoms with Crippen molar-refractivity contribution >= 4 is 30.7 Å². The monoisotopic (exact) mass is 369 g/mol. The Morgan fingerprint density at radius 1 is 1.30 bits per heavy atom. The number of ether oxygens (including phenoxy) is 1. The Balaban J connectivity index is 0.00000242. The lowest BCUT2D eigenvalue weighted by molar-refractivity contribution is -0.147. The molecule has 0 aromatic rings. The van der Waals surface area contributed by atoms with E-state index in [1.165, 1.54) is 0 Å². The van der Waals surface area contributed by atoms with Crippen molar-refractivity contribution in [3.8, 4) is 0 Å². The fraction of sp³-hybridized carbons (Fsp3) is 0.938. The molecule has 2 fully saturated rings. The van der Waals surface area contributed by atoms with Gasteiger partial charge in [-0.2, -0.15) is 0 Å². The van der Waals surface area contributed by atoms with Crippen LogP contribution in [0.25, 0.3) is 0 Å². The molecule has 0 aromatic carbocycles. The van der Waals surface area contributed by atoms with Crippen LogP contribution in [-0.4, -0.2) is 60.8 Å². The number of nitrogens with one attached hydrogen (secondary N) is 2. The molecule has 2 rings (SSSR count). The maximum Gasteiger partial charge on any atom is 0.237 e. The molecule has 0 aliphatic carbocycles. The molecule has 7 heteroatoms. The van der Waals surface area contributed by atoms with Gasteiger partial charge in [-0.1, -0.05) is 6.92 Å². The van der Waals surface area contributed by atoms with Crippen LogP contribution in [0.1, 0.15) is 47.0 Å². The lowest BCUT2D eigenvalue weighted by atomic mass is 9.89. The lowest BCUT2D eigenvalue weighted by Crippen LogP contribution is -2.61. The number of piperidine rings is 1. The number of amides is 1. The van der Waals surface area contributed by atoms with E-state index in [1.54, 1.807) is 0 Å². The van der Waals surface area contributed by atoms with Gasteiger partial charge in [0.15, 0.2) is 0 Å². The van der Waals surface area contributed by atoms with Crippen LogP contribution < -0.4 is 10.6 Å². The number of carbonyl (C=O) groups excluding carboxylic acids is 1. The van der Waals surface area contributed by atoms with Crippen molar-refractivity contribution < 1.29 is 9.53 Å². The van der Waals surface area contributed by atoms with Gasteiger partial charge in [0.25, 0.3) is 0 Å². The van der Waals surface area contributed by atoms with Gasteiger partial charge in [-0.05, 0) is 53.1 Å². The topological polar surface area (TPSA) is 53.6 Å². The summed E-state index contributed by atoms with van der Waals surface area (Å²) in [5.74, 6) is 0.149. The minimum Gasteiger partial charge on any atom is -0.372 e. The summed E-state index contributed by atoms with van der Waals surface area (Å²) in [6, 6.07) is -0.0418. The molecule has 1 spiro atoms. The van der Waals surface area contributed by atoms with Gasteiger partial charge in [-0.3, -0.25) is 9.69 Å². The van der Waals surface area contributed by atoms with E-state index in [2.05, 4.69) is 22.5 Å². The number of hydrogen-bond acceptors (Lipinski definition) is 4. The van der Waals surface area contributed by atoms with Gasteiger partial charge < -0.3 is 15.4 Å². The highest BCUT2D eigenvalue weighted by atomic mass is 35.5. The van der Waals surface area contributed by atoms with Crippen LogP contribution in [0.3, 0.4) is 0 Å². The minimum atomic E-state index is -0.177. The molecule has 2 aliphatic rings. The number of carbonyl (C=O) groups is 1. The standard InChI is InChI=1S/C16H31N3O2.2ClH/c1-5-13(14(20)18-15(2,3)4)19-10-11-21-16(12-19)6-8-17-9-7-16;;/h13,17H,5-12H2,1-4H3,(H,18,20);2*1H. The van der Waals surface area contributed by atoms with Crippen LogP contribution in [0.5, 0.6) is 0 Å². The van der Waals surface area contributed by atoms with E-state index in [0.29, 0.717) is 0 Å². The average molecular weight is 370 g/mol. The maximum atomic E-state index is 12.6. The van der Waals surface area contributed by atoms with Crippen molar-refractivity contribution in [3.63, 3.8) is 0 Å². The molecule has 2 N–H and O–H groups in total. The van der Waals surface area contributed by atoms with Crippen molar-refractivity contribution in [2.24, 2.45) is 0 Å². The van der Waals surface area contributed by atoms with Gasteiger partial charge in [0.05, 0.1) is 18.2 Å². The molecule has 1 atom stereocenters. The number of rotatable bonds is 3. The summed E-state index contributed by atoms with van der Waals surface area (Å²) in [6.07, 6.45) is 2.93. The van der Waals surface area contributed by atoms with Gasteiger partial charge in [0, 0.05) is 18.6 Å². The number of halogens is 2. The fourth-order valence-corrected chi connectivity index (χ4v) is 3.39. The van der Waals surface area contributed by atoms with Crippen molar-refractivity contribution in [3.05, 3.63) is 0 Å². The third-order valence-electron chi connectivity index (χ3n) is 4.42. The zero-order chi connectivity index (χ0) is 15.5. The molecule has 5 nitrogen and oxygen atoms in total. The smallest absolute Gasteiger partial charge is 0.237 e. The third kappa shape index (κ3) is 6.39. The van der Waals surface area contributed by atoms with Crippen molar-refractivity contribution in [2.45, 2.75) is 64.1 Å². The first-order valence-corrected chi connectivity index (χ1v) is 8.26. The first-order valence-electron chi connectivity index (χ1n) is 8.26. The summed E-state index contributed by atoms with van der Waals surface area (Å²) in [5.41, 5.74) is -0.220. The Kier molecular flexibility index (Phi) is 9.39. The second-order valence-corrected chi connectivity index (χ2v) is 7.42. The second-order valence-electron chi connectivity index (χ2n) is 7.42. The third-order valence-corrected chi connectivity index (χ3v) is 4.42. The number of nitrogens with zero attached hydrogens (tertiary/aromatic N) is 1. The Hall–Kier alpha value is -0.0700. The van der Waals surface area contributed by atoms with E-state index in [0.717, 1.165) is 52.0 Å². The largest absolute Gasteiger partial charge is 0.372 e. The van der Waals surface area contributed by atoms with E-state index in [-0.39, 0.29) is 47.9 Å². The van der Waals surface area contributed by atoms with E-state index in [9.17, 15) is 4.79 Å². The van der Waals surface area contributed by atoms with E-state index >= 15 is 0 Å². The van der Waals surface area contributed by atoms with Crippen LogP contribution >= 0.6 is 24.8 Å². The van der Waals surface area contributed by atoms with E-state index < -0.39 is 0 Å². The predicted octanol–water partition coefficient (Wildman–Crippen LogP) is 1.98. The molecule has 23 heavy (non-hydrogen) atoms. The molecule has 1 unspecified atom stereocenters. The van der Waals surface area contributed by atoms with Crippen LogP contribution in [0.15, 0.2) is 0 Å². The number of hydrogen-bond donors (Lipinski definition) is 2. The summed E-state index contributed by atoms with van der Waals surface area (Å²) in [6.45, 7) is 12.7. The van der Waals surface area contributed by atoms with Crippen LogP contribution in [0.2, 0.25) is 0 Å². The molecule has 0 aromatic heterocycles. The molecule has 2 heterocycles. The van der Waals surface area contributed by atoms with Gasteiger partial charge >= 0.3 is 0 Å². The normalized spacial score (nSPS) is 22.6. The molecule has 0 radical (unpaired) electrons. The minimum absolute atomic E-state index is 0. The average Bonchev–Trinajstić information content (AvgIpc) is 2.38. The quantitative estimate of drug-likeness (QED) is 0.798. The molecule has 2 aliphatic heterocycles. The SMILES string of the molecule is CCC(C(=O)NC(C)(C)C)N1CCOC2(CCNCC2)C1.Cl.Cl. The molecule has 0 saturated carbocycles. The Bertz CT molecular complexity index is 363. The predicted molar refractivity (Wildman–Crippen MR) is 98.8 cm³/mol. The fourth-order valence-electron chi connectivity index (χ4n) is 3.39. The highest BCUT2D eigenvalue weighted by molar-refractivity contribution is 5.85. The van der Waals surface area contributed by atoms with Crippen molar-refractivity contribution in [2.75, 3.05) is 32.8 Å². The summed E-state index contributed by atoms with van der Waals surface area (Å²) >= 11 is 0. The molecule has 2 saturated heterocycles. The highest BCUT2D eigenvalue weighted by Crippen LogP contribution is 2.29. The molecular formula is C16H33Cl2N3O2. The van der Waals surface area contributed by atoms with Gasteiger partial charge in [0.2, 0.25) is 5.91 Å². The summed E-state index contributed by atoms with van der Waals surface area (Å²) in [5, 5.41) is 6.52. The van der Waals surface area contributed by atoms with Crippen molar-refractivity contribution in [1.29, 1.82) is 0 Å². The zero-order valence-electron chi connectivity index (χ0n) is 14.8. The Morgan fingerprint density at radius 2 is 1.91 bits per heavy atom. The zero-order valence-corrected chi connectivity index (χ0v) is 16.4. The van der Waals surface area contributed by atoms with E-state index in [1.807, 2.05) is 20.8 Å². The van der Waals surface area contributed by atoms with Crippen LogP contribution in [-0.2, 0) is 9.53 Å². The molecular weight excluding hydrogens is 337 g/mol. The van der Waals surface area contributed by atoms with Crippen LogP contribution in [0, 0.1) is 0 Å². The van der Waals surface area contributed by atoms with Gasteiger partial charge in [-0.15, -0.1) is 24.8 Å². The first kappa shape index (κ1) is 22.9. The first-order chi connectivity index (χ1) is 9.85. The lowest BCUT2D eigenvalue weighted by Gasteiger charge is -2.47. The van der Waals surface area contributed by atoms with Crippen molar-refractivity contribution in [1.82, 2.24) is 15.5 Å². The molecule has 138 valence electrons. The summed E-state index contributed by atoms with van der Waals surface area (Å²) in [7, 11) is 0. The second kappa shape index (κ2) is 9.42. The highest BCUT2D eigenvalue weighted by Gasteiger charge is 2.41. The van der Waals surface area contributed by atoms with Gasteiger partial charge in [-0.25, -0.2) is 0 Å². The molecule has 0 bridgehead atoms. The summed E-state index contributed by atoms with van der Waals surface area (Å²) < 4.78 is 6.10. The maximum absolute atomic E-state index is 12.6. The van der Waals surface area contributed by atoms with E-state index in [4.69, 9.17) is 4.74 Å². The summed E-state index contributed by atoms with van der Waals surface area (Å²) in [4.78, 5) is 14.9. The Morgan fingerprint density at radius 3 is 2.43 bits per heavy atom.